The summed E-state index contributed by atoms with van der Waals surface area (Å²) in [5, 5.41) is 0. The second-order valence-electron chi connectivity index (χ2n) is 5.55. The van der Waals surface area contributed by atoms with Gasteiger partial charge in [-0.3, -0.25) is 0 Å². The molecular formula is C20H16N2O. The third-order valence-corrected chi connectivity index (χ3v) is 3.74. The predicted octanol–water partition coefficient (Wildman–Crippen LogP) is 5.33. The average Bonchev–Trinajstić information content (AvgIpc) is 2.99. The van der Waals surface area contributed by atoms with Crippen LogP contribution in [0.5, 0.6) is 11.5 Å². The first-order valence-electron chi connectivity index (χ1n) is 7.58. The molecule has 4 rings (SSSR count). The summed E-state index contributed by atoms with van der Waals surface area (Å²) in [6.45, 7) is 2.08. The van der Waals surface area contributed by atoms with E-state index in [1.807, 2.05) is 60.7 Å². The molecule has 0 amide bonds. The van der Waals surface area contributed by atoms with Crippen molar-refractivity contribution in [2.75, 3.05) is 0 Å². The summed E-state index contributed by atoms with van der Waals surface area (Å²) in [5.74, 6) is 2.52. The van der Waals surface area contributed by atoms with Gasteiger partial charge in [-0.1, -0.05) is 24.3 Å². The van der Waals surface area contributed by atoms with Gasteiger partial charge in [-0.25, -0.2) is 4.98 Å². The van der Waals surface area contributed by atoms with E-state index in [0.717, 1.165) is 33.9 Å². The van der Waals surface area contributed by atoms with Gasteiger partial charge >= 0.3 is 0 Å². The summed E-state index contributed by atoms with van der Waals surface area (Å²) in [6, 6.07) is 23.9. The van der Waals surface area contributed by atoms with Crippen molar-refractivity contribution in [3.63, 3.8) is 0 Å². The zero-order chi connectivity index (χ0) is 15.6. The molecule has 0 saturated heterocycles. The van der Waals surface area contributed by atoms with Gasteiger partial charge in [0, 0.05) is 5.56 Å². The number of aromatic amines is 1. The topological polar surface area (TPSA) is 37.9 Å². The van der Waals surface area contributed by atoms with Crippen LogP contribution in [0.2, 0.25) is 0 Å². The van der Waals surface area contributed by atoms with Crippen LogP contribution in [0.25, 0.3) is 22.4 Å². The Morgan fingerprint density at radius 3 is 2.35 bits per heavy atom. The van der Waals surface area contributed by atoms with Crippen LogP contribution in [0.1, 0.15) is 5.56 Å². The number of benzene rings is 3. The van der Waals surface area contributed by atoms with Crippen molar-refractivity contribution in [2.45, 2.75) is 6.92 Å². The van der Waals surface area contributed by atoms with E-state index >= 15 is 0 Å². The zero-order valence-corrected chi connectivity index (χ0v) is 12.8. The molecule has 112 valence electrons. The molecule has 3 nitrogen and oxygen atoms in total. The minimum Gasteiger partial charge on any atom is -0.457 e. The molecular weight excluding hydrogens is 284 g/mol. The molecule has 4 aromatic rings. The average molecular weight is 300 g/mol. The monoisotopic (exact) mass is 300 g/mol. The largest absolute Gasteiger partial charge is 0.457 e. The SMILES string of the molecule is Cc1ccc2nc(-c3ccc(Oc4ccccc4)cc3)[nH]c2c1. The first-order valence-corrected chi connectivity index (χ1v) is 7.58. The van der Waals surface area contributed by atoms with Crippen LogP contribution in [0.4, 0.5) is 0 Å². The van der Waals surface area contributed by atoms with Gasteiger partial charge < -0.3 is 9.72 Å². The Morgan fingerprint density at radius 1 is 0.826 bits per heavy atom. The molecule has 1 N–H and O–H groups in total. The van der Waals surface area contributed by atoms with Gasteiger partial charge in [0.1, 0.15) is 17.3 Å². The van der Waals surface area contributed by atoms with E-state index < -0.39 is 0 Å². The van der Waals surface area contributed by atoms with Crippen molar-refractivity contribution < 1.29 is 4.74 Å². The molecule has 0 aliphatic rings. The van der Waals surface area contributed by atoms with Crippen molar-refractivity contribution in [1.82, 2.24) is 9.97 Å². The number of fused-ring (bicyclic) bond motifs is 1. The van der Waals surface area contributed by atoms with Crippen LogP contribution in [-0.4, -0.2) is 9.97 Å². The van der Waals surface area contributed by atoms with E-state index in [9.17, 15) is 0 Å². The van der Waals surface area contributed by atoms with E-state index in [1.165, 1.54) is 5.56 Å². The summed E-state index contributed by atoms with van der Waals surface area (Å²) in [7, 11) is 0. The number of nitrogens with zero attached hydrogens (tertiary/aromatic N) is 1. The Bertz CT molecular complexity index is 940. The number of aromatic nitrogens is 2. The molecule has 0 fully saturated rings. The van der Waals surface area contributed by atoms with Crippen LogP contribution in [0.15, 0.2) is 72.8 Å². The Hall–Kier alpha value is -3.07. The number of H-pyrrole nitrogens is 1. The fourth-order valence-electron chi connectivity index (χ4n) is 2.57. The fraction of sp³-hybridized carbons (Fsp3) is 0.0500. The predicted molar refractivity (Wildman–Crippen MR) is 92.8 cm³/mol. The maximum Gasteiger partial charge on any atom is 0.138 e. The van der Waals surface area contributed by atoms with Crippen LogP contribution in [0, 0.1) is 6.92 Å². The molecule has 3 heteroatoms. The minimum atomic E-state index is 0.812. The third kappa shape index (κ3) is 2.81. The smallest absolute Gasteiger partial charge is 0.138 e. The van der Waals surface area contributed by atoms with Crippen molar-refractivity contribution in [3.05, 3.63) is 78.4 Å². The first-order chi connectivity index (χ1) is 11.3. The van der Waals surface area contributed by atoms with E-state index in [-0.39, 0.29) is 0 Å². The Morgan fingerprint density at radius 2 is 1.57 bits per heavy atom. The van der Waals surface area contributed by atoms with Crippen molar-refractivity contribution in [1.29, 1.82) is 0 Å². The van der Waals surface area contributed by atoms with Crippen LogP contribution in [-0.2, 0) is 0 Å². The quantitative estimate of drug-likeness (QED) is 0.555. The van der Waals surface area contributed by atoms with E-state index in [1.54, 1.807) is 0 Å². The van der Waals surface area contributed by atoms with Gasteiger partial charge in [0.05, 0.1) is 11.0 Å². The number of para-hydroxylation sites is 1. The number of rotatable bonds is 3. The molecule has 0 aliphatic heterocycles. The maximum absolute atomic E-state index is 5.81. The summed E-state index contributed by atoms with van der Waals surface area (Å²) < 4.78 is 5.81. The Kier molecular flexibility index (Phi) is 3.31. The molecule has 23 heavy (non-hydrogen) atoms. The van der Waals surface area contributed by atoms with Gasteiger partial charge in [0.15, 0.2) is 0 Å². The molecule has 0 radical (unpaired) electrons. The van der Waals surface area contributed by atoms with Crippen molar-refractivity contribution in [3.8, 4) is 22.9 Å². The molecule has 1 aromatic heterocycles. The third-order valence-electron chi connectivity index (χ3n) is 3.74. The highest BCUT2D eigenvalue weighted by Gasteiger charge is 2.06. The molecule has 0 atom stereocenters. The number of nitrogens with one attached hydrogen (secondary N) is 1. The van der Waals surface area contributed by atoms with E-state index in [4.69, 9.17) is 4.74 Å². The van der Waals surface area contributed by atoms with Gasteiger partial charge in [-0.15, -0.1) is 0 Å². The highest BCUT2D eigenvalue weighted by Crippen LogP contribution is 2.26. The second-order valence-corrected chi connectivity index (χ2v) is 5.55. The molecule has 0 spiro atoms. The minimum absolute atomic E-state index is 0.812. The van der Waals surface area contributed by atoms with Gasteiger partial charge in [-0.2, -0.15) is 0 Å². The second kappa shape index (κ2) is 5.61. The standard InChI is InChI=1S/C20H16N2O/c1-14-7-12-18-19(13-14)22-20(21-18)15-8-10-17(11-9-15)23-16-5-3-2-4-6-16/h2-13H,1H3,(H,21,22). The highest BCUT2D eigenvalue weighted by atomic mass is 16.5. The molecule has 0 bridgehead atoms. The molecule has 0 unspecified atom stereocenters. The summed E-state index contributed by atoms with van der Waals surface area (Å²) in [4.78, 5) is 8.01. The highest BCUT2D eigenvalue weighted by molar-refractivity contribution is 5.80. The lowest BCUT2D eigenvalue weighted by Gasteiger charge is -2.05. The van der Waals surface area contributed by atoms with Gasteiger partial charge in [-0.05, 0) is 61.0 Å². The molecule has 0 aliphatic carbocycles. The summed E-state index contributed by atoms with van der Waals surface area (Å²) in [6.07, 6.45) is 0. The number of hydrogen-bond donors (Lipinski definition) is 1. The number of hydrogen-bond acceptors (Lipinski definition) is 2. The zero-order valence-electron chi connectivity index (χ0n) is 12.8. The molecule has 3 aromatic carbocycles. The molecule has 1 heterocycles. The normalized spacial score (nSPS) is 10.8. The van der Waals surface area contributed by atoms with Gasteiger partial charge in [0.2, 0.25) is 0 Å². The Labute approximate surface area is 134 Å². The molecule has 0 saturated carbocycles. The first kappa shape index (κ1) is 13.6. The van der Waals surface area contributed by atoms with E-state index in [2.05, 4.69) is 29.0 Å². The summed E-state index contributed by atoms with van der Waals surface area (Å²) >= 11 is 0. The number of ether oxygens (including phenoxy) is 1. The summed E-state index contributed by atoms with van der Waals surface area (Å²) in [5.41, 5.74) is 4.30. The van der Waals surface area contributed by atoms with Crippen molar-refractivity contribution in [2.24, 2.45) is 0 Å². The van der Waals surface area contributed by atoms with Crippen molar-refractivity contribution >= 4 is 11.0 Å². The lowest BCUT2D eigenvalue weighted by atomic mass is 10.2. The Balaban J connectivity index is 1.61. The number of imidazole rings is 1. The number of aryl methyl sites for hydroxylation is 1. The fourth-order valence-corrected chi connectivity index (χ4v) is 2.57. The van der Waals surface area contributed by atoms with Gasteiger partial charge in [0.25, 0.3) is 0 Å². The van der Waals surface area contributed by atoms with Crippen LogP contribution >= 0.6 is 0 Å². The lowest BCUT2D eigenvalue weighted by Crippen LogP contribution is -1.84. The van der Waals surface area contributed by atoms with Crippen LogP contribution < -0.4 is 4.74 Å². The van der Waals surface area contributed by atoms with E-state index in [0.29, 0.717) is 0 Å². The lowest BCUT2D eigenvalue weighted by molar-refractivity contribution is 0.483. The maximum atomic E-state index is 5.81. The van der Waals surface area contributed by atoms with Crippen LogP contribution in [0.3, 0.4) is 0 Å².